The standard InChI is InChI=1S/C24H21N3O3/c25-16-4-10-19(11-5-16)28-22-2-1-3-23(29-20-12-6-17(26)7-13-20)24(22)30-21-14-8-18(27)9-15-21/h1-15H,25-27H2. The monoisotopic (exact) mass is 399 g/mol. The van der Waals surface area contributed by atoms with Crippen LogP contribution in [0.4, 0.5) is 17.1 Å². The maximum Gasteiger partial charge on any atom is 0.212 e. The van der Waals surface area contributed by atoms with Crippen LogP contribution in [0.5, 0.6) is 34.5 Å². The van der Waals surface area contributed by atoms with Crippen molar-refractivity contribution in [3.8, 4) is 34.5 Å². The highest BCUT2D eigenvalue weighted by atomic mass is 16.5. The molecule has 0 aliphatic heterocycles. The van der Waals surface area contributed by atoms with Gasteiger partial charge in [-0.3, -0.25) is 0 Å². The van der Waals surface area contributed by atoms with Gasteiger partial charge in [0.25, 0.3) is 0 Å². The Labute approximate surface area is 174 Å². The van der Waals surface area contributed by atoms with Gasteiger partial charge in [-0.1, -0.05) is 6.07 Å². The summed E-state index contributed by atoms with van der Waals surface area (Å²) >= 11 is 0. The van der Waals surface area contributed by atoms with Crippen LogP contribution in [-0.2, 0) is 0 Å². The number of anilines is 3. The third kappa shape index (κ3) is 4.56. The van der Waals surface area contributed by atoms with Gasteiger partial charge in [0.05, 0.1) is 0 Å². The van der Waals surface area contributed by atoms with Crippen LogP contribution < -0.4 is 31.4 Å². The molecule has 0 aromatic heterocycles. The fourth-order valence-corrected chi connectivity index (χ4v) is 2.74. The van der Waals surface area contributed by atoms with Gasteiger partial charge in [-0.05, 0) is 84.9 Å². The number of nitrogens with two attached hydrogens (primary N) is 3. The largest absolute Gasteiger partial charge is 0.453 e. The fraction of sp³-hybridized carbons (Fsp3) is 0. The lowest BCUT2D eigenvalue weighted by atomic mass is 10.2. The third-order valence-electron chi connectivity index (χ3n) is 4.26. The minimum Gasteiger partial charge on any atom is -0.453 e. The van der Waals surface area contributed by atoms with Crippen molar-refractivity contribution in [1.29, 1.82) is 0 Å². The third-order valence-corrected chi connectivity index (χ3v) is 4.26. The molecular formula is C24H21N3O3. The van der Waals surface area contributed by atoms with Gasteiger partial charge in [0, 0.05) is 17.1 Å². The van der Waals surface area contributed by atoms with Gasteiger partial charge >= 0.3 is 0 Å². The SMILES string of the molecule is Nc1ccc(Oc2cccc(Oc3ccc(N)cc3)c2Oc2ccc(N)cc2)cc1. The molecule has 0 aliphatic rings. The lowest BCUT2D eigenvalue weighted by molar-refractivity contribution is 0.386. The maximum absolute atomic E-state index is 6.13. The smallest absolute Gasteiger partial charge is 0.212 e. The van der Waals surface area contributed by atoms with Crippen LogP contribution in [0, 0.1) is 0 Å². The molecule has 6 heteroatoms. The van der Waals surface area contributed by atoms with Crippen molar-refractivity contribution in [3.05, 3.63) is 91.0 Å². The Bertz CT molecular complexity index is 1060. The molecule has 0 fully saturated rings. The van der Waals surface area contributed by atoms with Crippen molar-refractivity contribution in [2.24, 2.45) is 0 Å². The molecule has 4 aromatic rings. The van der Waals surface area contributed by atoms with E-state index in [-0.39, 0.29) is 0 Å². The second-order valence-corrected chi connectivity index (χ2v) is 6.60. The average molecular weight is 399 g/mol. The van der Waals surface area contributed by atoms with Crippen molar-refractivity contribution in [2.75, 3.05) is 17.2 Å². The van der Waals surface area contributed by atoms with Crippen LogP contribution in [-0.4, -0.2) is 0 Å². The Kier molecular flexibility index (Phi) is 5.30. The van der Waals surface area contributed by atoms with E-state index in [1.165, 1.54) is 0 Å². The number of nitrogen functional groups attached to an aromatic ring is 3. The van der Waals surface area contributed by atoms with Crippen LogP contribution in [0.1, 0.15) is 0 Å². The number of para-hydroxylation sites is 1. The highest BCUT2D eigenvalue weighted by molar-refractivity contribution is 5.57. The second-order valence-electron chi connectivity index (χ2n) is 6.60. The van der Waals surface area contributed by atoms with Crippen LogP contribution in [0.15, 0.2) is 91.0 Å². The van der Waals surface area contributed by atoms with E-state index in [9.17, 15) is 0 Å². The first-order valence-corrected chi connectivity index (χ1v) is 9.30. The molecule has 4 rings (SSSR count). The van der Waals surface area contributed by atoms with Gasteiger partial charge in [-0.2, -0.15) is 0 Å². The van der Waals surface area contributed by atoms with Gasteiger partial charge in [0.2, 0.25) is 5.75 Å². The highest BCUT2D eigenvalue weighted by Gasteiger charge is 2.16. The van der Waals surface area contributed by atoms with Crippen molar-refractivity contribution in [1.82, 2.24) is 0 Å². The average Bonchev–Trinajstić information content (AvgIpc) is 2.75. The van der Waals surface area contributed by atoms with E-state index >= 15 is 0 Å². The predicted octanol–water partition coefficient (Wildman–Crippen LogP) is 5.81. The van der Waals surface area contributed by atoms with E-state index in [0.29, 0.717) is 51.6 Å². The molecule has 0 aliphatic carbocycles. The molecule has 0 heterocycles. The quantitative estimate of drug-likeness (QED) is 0.353. The molecule has 0 atom stereocenters. The van der Waals surface area contributed by atoms with Crippen LogP contribution >= 0.6 is 0 Å². The summed E-state index contributed by atoms with van der Waals surface area (Å²) in [6.45, 7) is 0. The summed E-state index contributed by atoms with van der Waals surface area (Å²) in [6, 6.07) is 26.7. The van der Waals surface area contributed by atoms with Crippen molar-refractivity contribution >= 4 is 17.1 Å². The van der Waals surface area contributed by atoms with Crippen LogP contribution in [0.3, 0.4) is 0 Å². The Morgan fingerprint density at radius 1 is 0.400 bits per heavy atom. The van der Waals surface area contributed by atoms with Crippen LogP contribution in [0.2, 0.25) is 0 Å². The molecule has 6 nitrogen and oxygen atoms in total. The zero-order chi connectivity index (χ0) is 20.9. The van der Waals surface area contributed by atoms with Crippen molar-refractivity contribution in [2.45, 2.75) is 0 Å². The van der Waals surface area contributed by atoms with Gasteiger partial charge in [0.1, 0.15) is 17.2 Å². The number of rotatable bonds is 6. The van der Waals surface area contributed by atoms with Gasteiger partial charge in [-0.25, -0.2) is 0 Å². The second kappa shape index (κ2) is 8.36. The van der Waals surface area contributed by atoms with Crippen molar-refractivity contribution < 1.29 is 14.2 Å². The van der Waals surface area contributed by atoms with Crippen LogP contribution in [0.25, 0.3) is 0 Å². The summed E-state index contributed by atoms with van der Waals surface area (Å²) in [7, 11) is 0. The van der Waals surface area contributed by atoms with E-state index in [1.54, 1.807) is 84.9 Å². The molecule has 0 spiro atoms. The zero-order valence-electron chi connectivity index (χ0n) is 16.1. The Balaban J connectivity index is 1.71. The number of hydrogen-bond donors (Lipinski definition) is 3. The lowest BCUT2D eigenvalue weighted by Crippen LogP contribution is -1.95. The van der Waals surface area contributed by atoms with Gasteiger partial charge in [0.15, 0.2) is 11.5 Å². The first-order chi connectivity index (χ1) is 14.6. The molecular weight excluding hydrogens is 378 g/mol. The molecule has 0 saturated heterocycles. The lowest BCUT2D eigenvalue weighted by Gasteiger charge is -2.17. The van der Waals surface area contributed by atoms with Gasteiger partial charge < -0.3 is 31.4 Å². The molecule has 4 aromatic carbocycles. The zero-order valence-corrected chi connectivity index (χ0v) is 16.1. The van der Waals surface area contributed by atoms with E-state index < -0.39 is 0 Å². The minimum absolute atomic E-state index is 0.427. The normalized spacial score (nSPS) is 10.4. The van der Waals surface area contributed by atoms with Gasteiger partial charge in [-0.15, -0.1) is 0 Å². The summed E-state index contributed by atoms with van der Waals surface area (Å²) in [5.41, 5.74) is 19.3. The van der Waals surface area contributed by atoms with Crippen molar-refractivity contribution in [3.63, 3.8) is 0 Å². The first-order valence-electron chi connectivity index (χ1n) is 9.30. The molecule has 6 N–H and O–H groups in total. The maximum atomic E-state index is 6.13. The summed E-state index contributed by atoms with van der Waals surface area (Å²) < 4.78 is 18.2. The molecule has 150 valence electrons. The Morgan fingerprint density at radius 2 is 0.733 bits per heavy atom. The number of benzene rings is 4. The van der Waals surface area contributed by atoms with E-state index in [0.717, 1.165) is 0 Å². The molecule has 0 saturated carbocycles. The Morgan fingerprint density at radius 3 is 1.10 bits per heavy atom. The fourth-order valence-electron chi connectivity index (χ4n) is 2.74. The molecule has 0 amide bonds. The highest BCUT2D eigenvalue weighted by Crippen LogP contribution is 2.44. The molecule has 0 unspecified atom stereocenters. The Hall–Kier alpha value is -4.32. The molecule has 30 heavy (non-hydrogen) atoms. The number of ether oxygens (including phenoxy) is 3. The molecule has 0 bridgehead atoms. The predicted molar refractivity (Wildman–Crippen MR) is 119 cm³/mol. The summed E-state index contributed by atoms with van der Waals surface area (Å²) in [4.78, 5) is 0. The van der Waals surface area contributed by atoms with E-state index in [1.807, 2.05) is 6.07 Å². The summed E-state index contributed by atoms with van der Waals surface area (Å²) in [5.74, 6) is 3.25. The van der Waals surface area contributed by atoms with E-state index in [2.05, 4.69) is 0 Å². The topological polar surface area (TPSA) is 106 Å². The summed E-state index contributed by atoms with van der Waals surface area (Å²) in [5, 5.41) is 0. The first kappa shape index (κ1) is 19.0. The molecule has 0 radical (unpaired) electrons. The van der Waals surface area contributed by atoms with E-state index in [4.69, 9.17) is 31.4 Å². The summed E-state index contributed by atoms with van der Waals surface area (Å²) in [6.07, 6.45) is 0. The minimum atomic E-state index is 0.427. The number of hydrogen-bond acceptors (Lipinski definition) is 6.